The number of carbonyl (C=O) groups is 1. The zero-order valence-corrected chi connectivity index (χ0v) is 15.6. The number of nitrogens with two attached hydrogens (primary N) is 1. The number of amides is 1. The maximum absolute atomic E-state index is 11.5. The molecule has 1 fully saturated rings. The van der Waals surface area contributed by atoms with Crippen molar-refractivity contribution in [3.8, 4) is 0 Å². The molecule has 3 N–H and O–H groups in total. The fraction of sp³-hybridized carbons (Fsp3) is 0.474. The number of primary amides is 1. The first-order chi connectivity index (χ1) is 12.5. The van der Waals surface area contributed by atoms with Crippen molar-refractivity contribution in [3.63, 3.8) is 0 Å². The Morgan fingerprint density at radius 1 is 1.35 bits per heavy atom. The van der Waals surface area contributed by atoms with E-state index in [4.69, 9.17) is 5.73 Å². The van der Waals surface area contributed by atoms with Crippen LogP contribution in [0.1, 0.15) is 46.5 Å². The van der Waals surface area contributed by atoms with Crippen LogP contribution in [0.5, 0.6) is 0 Å². The quantitative estimate of drug-likeness (QED) is 0.816. The van der Waals surface area contributed by atoms with Crippen LogP contribution in [-0.2, 0) is 13.0 Å². The van der Waals surface area contributed by atoms with Crippen LogP contribution in [0.15, 0.2) is 18.3 Å². The first-order valence-electron chi connectivity index (χ1n) is 9.05. The predicted octanol–water partition coefficient (Wildman–Crippen LogP) is 1.52. The van der Waals surface area contributed by atoms with Crippen LogP contribution in [0.3, 0.4) is 0 Å². The average Bonchev–Trinajstić information content (AvgIpc) is 3.11. The van der Waals surface area contributed by atoms with Gasteiger partial charge in [0.2, 0.25) is 5.82 Å². The number of anilines is 1. The van der Waals surface area contributed by atoms with E-state index in [-0.39, 0.29) is 5.82 Å². The van der Waals surface area contributed by atoms with E-state index in [9.17, 15) is 4.79 Å². The molecule has 1 saturated heterocycles. The van der Waals surface area contributed by atoms with Gasteiger partial charge in [-0.2, -0.15) is 0 Å². The largest absolute Gasteiger partial charge is 0.363 e. The Bertz CT molecular complexity index is 789. The summed E-state index contributed by atoms with van der Waals surface area (Å²) in [4.78, 5) is 26.7. The highest BCUT2D eigenvalue weighted by Gasteiger charge is 2.26. The van der Waals surface area contributed by atoms with Crippen LogP contribution in [0, 0.1) is 13.8 Å². The lowest BCUT2D eigenvalue weighted by Crippen LogP contribution is -2.33. The van der Waals surface area contributed by atoms with Crippen LogP contribution in [0.2, 0.25) is 0 Å². The molecule has 1 aliphatic heterocycles. The number of pyridine rings is 1. The summed E-state index contributed by atoms with van der Waals surface area (Å²) in [6.07, 6.45) is 3.92. The lowest BCUT2D eigenvalue weighted by molar-refractivity contribution is 0.0990. The van der Waals surface area contributed by atoms with E-state index in [1.807, 2.05) is 20.0 Å². The molecule has 0 saturated carbocycles. The summed E-state index contributed by atoms with van der Waals surface area (Å²) < 4.78 is 0. The zero-order chi connectivity index (χ0) is 18.7. The molecule has 7 nitrogen and oxygen atoms in total. The number of aromatic nitrogens is 3. The van der Waals surface area contributed by atoms with Crippen molar-refractivity contribution in [3.05, 3.63) is 46.7 Å². The van der Waals surface area contributed by atoms with Crippen LogP contribution in [-0.4, -0.2) is 40.0 Å². The van der Waals surface area contributed by atoms with Crippen molar-refractivity contribution in [1.29, 1.82) is 0 Å². The van der Waals surface area contributed by atoms with E-state index in [1.165, 1.54) is 5.56 Å². The van der Waals surface area contributed by atoms with Gasteiger partial charge in [-0.1, -0.05) is 13.0 Å². The molecule has 2 aromatic heterocycles. The van der Waals surface area contributed by atoms with E-state index >= 15 is 0 Å². The summed E-state index contributed by atoms with van der Waals surface area (Å²) in [6.45, 7) is 8.50. The molecular formula is C19H26N6O. The van der Waals surface area contributed by atoms with Crippen molar-refractivity contribution in [2.75, 3.05) is 18.0 Å². The fourth-order valence-electron chi connectivity index (χ4n) is 3.18. The normalized spacial score (nSPS) is 16.9. The maximum Gasteiger partial charge on any atom is 0.286 e. The van der Waals surface area contributed by atoms with Crippen LogP contribution in [0.25, 0.3) is 0 Å². The standard InChI is InChI=1S/C19H26N6O/c1-4-15-6-5-14(9-21-15)10-22-16-7-8-25(11-16)19-12(2)13(3)23-18(24-19)17(20)26/h5-6,9,16,22H,4,7-8,10-11H2,1-3H3,(H2,20,26)/t16-/m1/s1. The Hall–Kier alpha value is -2.54. The van der Waals surface area contributed by atoms with E-state index in [1.54, 1.807) is 0 Å². The molecule has 0 bridgehead atoms. The number of hydrogen-bond donors (Lipinski definition) is 2. The highest BCUT2D eigenvalue weighted by atomic mass is 16.1. The van der Waals surface area contributed by atoms with Gasteiger partial charge in [0.05, 0.1) is 0 Å². The molecule has 3 heterocycles. The summed E-state index contributed by atoms with van der Waals surface area (Å²) >= 11 is 0. The monoisotopic (exact) mass is 354 g/mol. The van der Waals surface area contributed by atoms with Crippen molar-refractivity contribution < 1.29 is 4.79 Å². The minimum Gasteiger partial charge on any atom is -0.363 e. The Labute approximate surface area is 154 Å². The third-order valence-corrected chi connectivity index (χ3v) is 4.91. The number of aryl methyl sites for hydroxylation is 2. The van der Waals surface area contributed by atoms with Crippen LogP contribution in [0.4, 0.5) is 5.82 Å². The smallest absolute Gasteiger partial charge is 0.286 e. The summed E-state index contributed by atoms with van der Waals surface area (Å²) in [5.74, 6) is 0.303. The van der Waals surface area contributed by atoms with E-state index in [0.29, 0.717) is 6.04 Å². The summed E-state index contributed by atoms with van der Waals surface area (Å²) in [5, 5.41) is 3.59. The Morgan fingerprint density at radius 3 is 2.81 bits per heavy atom. The SMILES string of the molecule is CCc1ccc(CN[C@@H]2CCN(c3nc(C(N)=O)nc(C)c3C)C2)cn1. The van der Waals surface area contributed by atoms with Gasteiger partial charge >= 0.3 is 0 Å². The average molecular weight is 354 g/mol. The van der Waals surface area contributed by atoms with Crippen LogP contribution >= 0.6 is 0 Å². The highest BCUT2D eigenvalue weighted by molar-refractivity contribution is 5.89. The second-order valence-corrected chi connectivity index (χ2v) is 6.77. The van der Waals surface area contributed by atoms with Crippen molar-refractivity contribution in [2.45, 2.75) is 46.2 Å². The molecule has 7 heteroatoms. The first-order valence-corrected chi connectivity index (χ1v) is 9.05. The van der Waals surface area contributed by atoms with E-state index in [0.717, 1.165) is 55.2 Å². The summed E-state index contributed by atoms with van der Waals surface area (Å²) in [5.41, 5.74) is 9.45. The number of nitrogens with zero attached hydrogens (tertiary/aromatic N) is 4. The van der Waals surface area contributed by atoms with Gasteiger partial charge in [-0.05, 0) is 38.3 Å². The Balaban J connectivity index is 1.64. The fourth-order valence-corrected chi connectivity index (χ4v) is 3.18. The number of carbonyl (C=O) groups excluding carboxylic acids is 1. The van der Waals surface area contributed by atoms with E-state index in [2.05, 4.69) is 44.2 Å². The van der Waals surface area contributed by atoms with E-state index < -0.39 is 5.91 Å². The predicted molar refractivity (Wildman–Crippen MR) is 101 cm³/mol. The number of nitrogens with one attached hydrogen (secondary N) is 1. The van der Waals surface area contributed by atoms with Crippen molar-refractivity contribution >= 4 is 11.7 Å². The highest BCUT2D eigenvalue weighted by Crippen LogP contribution is 2.24. The maximum atomic E-state index is 11.5. The first kappa shape index (κ1) is 18.3. The van der Waals surface area contributed by atoms with Gasteiger partial charge < -0.3 is 16.0 Å². The molecule has 3 rings (SSSR count). The molecule has 2 aromatic rings. The van der Waals surface area contributed by atoms with Gasteiger partial charge in [-0.25, -0.2) is 9.97 Å². The van der Waals surface area contributed by atoms with Gasteiger partial charge in [-0.15, -0.1) is 0 Å². The molecule has 138 valence electrons. The summed E-state index contributed by atoms with van der Waals surface area (Å²) in [6, 6.07) is 4.58. The molecule has 1 aliphatic rings. The van der Waals surface area contributed by atoms with Crippen molar-refractivity contribution in [2.24, 2.45) is 5.73 Å². The van der Waals surface area contributed by atoms with Crippen LogP contribution < -0.4 is 16.0 Å². The minimum atomic E-state index is -0.591. The number of hydrogen-bond acceptors (Lipinski definition) is 6. The Morgan fingerprint density at radius 2 is 2.15 bits per heavy atom. The topological polar surface area (TPSA) is 97.0 Å². The molecule has 1 amide bonds. The summed E-state index contributed by atoms with van der Waals surface area (Å²) in [7, 11) is 0. The minimum absolute atomic E-state index is 0.0848. The van der Waals surface area contributed by atoms with Gasteiger partial charge in [0.1, 0.15) is 5.82 Å². The third kappa shape index (κ3) is 3.99. The number of rotatable bonds is 6. The molecular weight excluding hydrogens is 328 g/mol. The van der Waals surface area contributed by atoms with Gasteiger partial charge in [0.25, 0.3) is 5.91 Å². The Kier molecular flexibility index (Phi) is 5.46. The molecule has 26 heavy (non-hydrogen) atoms. The zero-order valence-electron chi connectivity index (χ0n) is 15.6. The lowest BCUT2D eigenvalue weighted by atomic mass is 10.2. The molecule has 0 unspecified atom stereocenters. The van der Waals surface area contributed by atoms with Gasteiger partial charge in [-0.3, -0.25) is 9.78 Å². The second kappa shape index (κ2) is 7.78. The van der Waals surface area contributed by atoms with Gasteiger partial charge in [0.15, 0.2) is 0 Å². The molecule has 0 radical (unpaired) electrons. The lowest BCUT2D eigenvalue weighted by Gasteiger charge is -2.21. The molecule has 1 atom stereocenters. The third-order valence-electron chi connectivity index (χ3n) is 4.91. The molecule has 0 aliphatic carbocycles. The second-order valence-electron chi connectivity index (χ2n) is 6.77. The molecule has 0 spiro atoms. The van der Waals surface area contributed by atoms with Gasteiger partial charge in [0, 0.05) is 48.8 Å². The molecule has 0 aromatic carbocycles. The van der Waals surface area contributed by atoms with Crippen molar-refractivity contribution in [1.82, 2.24) is 20.3 Å².